The van der Waals surface area contributed by atoms with Crippen molar-refractivity contribution in [1.82, 2.24) is 15.2 Å². The van der Waals surface area contributed by atoms with Gasteiger partial charge in [-0.1, -0.05) is 11.6 Å². The van der Waals surface area contributed by atoms with E-state index < -0.39 is 11.7 Å². The maximum Gasteiger partial charge on any atom is 0.417 e. The van der Waals surface area contributed by atoms with Gasteiger partial charge in [-0.15, -0.1) is 0 Å². The largest absolute Gasteiger partial charge is 0.417 e. The predicted molar refractivity (Wildman–Crippen MR) is 81.4 cm³/mol. The molecule has 1 saturated heterocycles. The van der Waals surface area contributed by atoms with Crippen LogP contribution in [0.15, 0.2) is 12.3 Å². The van der Waals surface area contributed by atoms with Crippen LogP contribution in [0, 0.1) is 0 Å². The molecule has 0 bridgehead atoms. The molecule has 2 heterocycles. The van der Waals surface area contributed by atoms with Gasteiger partial charge in [0.1, 0.15) is 5.82 Å². The molecular formula is C14H18ClF3N4O. The number of amides is 1. The van der Waals surface area contributed by atoms with Crippen LogP contribution in [0.3, 0.4) is 0 Å². The molecule has 1 atom stereocenters. The van der Waals surface area contributed by atoms with E-state index in [2.05, 4.69) is 15.6 Å². The minimum absolute atomic E-state index is 0.0331. The van der Waals surface area contributed by atoms with Crippen LogP contribution < -0.4 is 10.6 Å². The fraction of sp³-hybridized carbons (Fsp3) is 0.571. The number of halogens is 4. The third kappa shape index (κ3) is 4.71. The molecule has 0 spiro atoms. The molecule has 5 nitrogen and oxygen atoms in total. The lowest BCUT2D eigenvalue weighted by molar-refractivity contribution is -0.137. The highest BCUT2D eigenvalue weighted by molar-refractivity contribution is 6.32. The van der Waals surface area contributed by atoms with E-state index in [1.165, 1.54) is 0 Å². The second kappa shape index (κ2) is 7.35. The number of likely N-dealkylation sites (N-methyl/N-ethyl adjacent to an activating group) is 1. The summed E-state index contributed by atoms with van der Waals surface area (Å²) in [7, 11) is 1.75. The molecule has 2 rings (SSSR count). The van der Waals surface area contributed by atoms with Crippen molar-refractivity contribution in [2.45, 2.75) is 25.1 Å². The van der Waals surface area contributed by atoms with Gasteiger partial charge in [0, 0.05) is 38.8 Å². The number of rotatable bonds is 5. The molecular weight excluding hydrogens is 333 g/mol. The molecule has 9 heteroatoms. The fourth-order valence-electron chi connectivity index (χ4n) is 2.36. The quantitative estimate of drug-likeness (QED) is 0.856. The summed E-state index contributed by atoms with van der Waals surface area (Å²) in [5.74, 6) is 0.104. The van der Waals surface area contributed by atoms with Crippen molar-refractivity contribution in [3.63, 3.8) is 0 Å². The summed E-state index contributed by atoms with van der Waals surface area (Å²) >= 11 is 5.79. The van der Waals surface area contributed by atoms with E-state index in [0.717, 1.165) is 25.6 Å². The summed E-state index contributed by atoms with van der Waals surface area (Å²) < 4.78 is 37.6. The normalized spacial score (nSPS) is 18.0. The van der Waals surface area contributed by atoms with Crippen LogP contribution in [0.1, 0.15) is 18.4 Å². The molecule has 0 saturated carbocycles. The van der Waals surface area contributed by atoms with E-state index in [4.69, 9.17) is 11.6 Å². The Hall–Kier alpha value is -1.54. The van der Waals surface area contributed by atoms with Crippen molar-refractivity contribution in [3.05, 3.63) is 22.8 Å². The molecule has 1 aliphatic rings. The first-order chi connectivity index (χ1) is 10.8. The second-order valence-electron chi connectivity index (χ2n) is 5.38. The smallest absolute Gasteiger partial charge is 0.368 e. The van der Waals surface area contributed by atoms with Crippen LogP contribution in [-0.2, 0) is 11.0 Å². The first-order valence-corrected chi connectivity index (χ1v) is 7.60. The molecule has 1 aromatic heterocycles. The zero-order valence-electron chi connectivity index (χ0n) is 12.6. The number of nitrogens with one attached hydrogen (secondary N) is 2. The van der Waals surface area contributed by atoms with Crippen molar-refractivity contribution in [3.8, 4) is 0 Å². The number of carbonyl (C=O) groups is 1. The summed E-state index contributed by atoms with van der Waals surface area (Å²) in [5, 5.41) is 5.86. The zero-order chi connectivity index (χ0) is 17.0. The second-order valence-corrected chi connectivity index (χ2v) is 5.79. The fourth-order valence-corrected chi connectivity index (χ4v) is 2.59. The van der Waals surface area contributed by atoms with Gasteiger partial charge in [0.05, 0.1) is 10.6 Å². The molecule has 1 aliphatic heterocycles. The number of carbonyl (C=O) groups excluding carboxylic acids is 1. The Morgan fingerprint density at radius 2 is 2.30 bits per heavy atom. The zero-order valence-corrected chi connectivity index (χ0v) is 13.3. The molecule has 1 aromatic rings. The monoisotopic (exact) mass is 350 g/mol. The van der Waals surface area contributed by atoms with Gasteiger partial charge in [-0.05, 0) is 19.0 Å². The number of hydrogen-bond donors (Lipinski definition) is 2. The SMILES string of the molecule is CN(C(=O)CCNc1ncc(C(F)(F)F)cc1Cl)[C@@H]1CCNC1. The van der Waals surface area contributed by atoms with Crippen molar-refractivity contribution < 1.29 is 18.0 Å². The van der Waals surface area contributed by atoms with E-state index >= 15 is 0 Å². The average Bonchev–Trinajstić information content (AvgIpc) is 3.01. The van der Waals surface area contributed by atoms with Gasteiger partial charge in [-0.3, -0.25) is 4.79 Å². The topological polar surface area (TPSA) is 57.3 Å². The summed E-state index contributed by atoms with van der Waals surface area (Å²) in [6.45, 7) is 1.93. The highest BCUT2D eigenvalue weighted by atomic mass is 35.5. The predicted octanol–water partition coefficient (Wildman–Crippen LogP) is 2.38. The van der Waals surface area contributed by atoms with Gasteiger partial charge < -0.3 is 15.5 Å². The third-order valence-electron chi connectivity index (χ3n) is 3.78. The molecule has 23 heavy (non-hydrogen) atoms. The molecule has 0 unspecified atom stereocenters. The highest BCUT2D eigenvalue weighted by Crippen LogP contribution is 2.32. The lowest BCUT2D eigenvalue weighted by Crippen LogP contribution is -2.39. The summed E-state index contributed by atoms with van der Waals surface area (Å²) in [6.07, 6.45) is -2.64. The first kappa shape index (κ1) is 17.8. The number of hydrogen-bond acceptors (Lipinski definition) is 4. The minimum atomic E-state index is -4.48. The summed E-state index contributed by atoms with van der Waals surface area (Å²) in [5.41, 5.74) is -0.905. The van der Waals surface area contributed by atoms with Crippen molar-refractivity contribution in [2.75, 3.05) is 32.0 Å². The lowest BCUT2D eigenvalue weighted by atomic mass is 10.2. The molecule has 0 aliphatic carbocycles. The lowest BCUT2D eigenvalue weighted by Gasteiger charge is -2.23. The minimum Gasteiger partial charge on any atom is -0.368 e. The average molecular weight is 351 g/mol. The van der Waals surface area contributed by atoms with Gasteiger partial charge >= 0.3 is 6.18 Å². The maximum atomic E-state index is 12.5. The van der Waals surface area contributed by atoms with Crippen LogP contribution >= 0.6 is 11.6 Å². The summed E-state index contributed by atoms with van der Waals surface area (Å²) in [6, 6.07) is 1.00. The summed E-state index contributed by atoms with van der Waals surface area (Å²) in [4.78, 5) is 17.4. The van der Waals surface area contributed by atoms with E-state index in [-0.39, 0.29) is 35.8 Å². The Bertz CT molecular complexity index is 561. The Labute approximate surface area is 137 Å². The number of anilines is 1. The van der Waals surface area contributed by atoms with E-state index in [1.807, 2.05) is 0 Å². The Morgan fingerprint density at radius 1 is 1.57 bits per heavy atom. The maximum absolute atomic E-state index is 12.5. The first-order valence-electron chi connectivity index (χ1n) is 7.22. The molecule has 128 valence electrons. The standard InChI is InChI=1S/C14H18ClF3N4O/c1-22(10-2-4-19-8-10)12(23)3-5-20-13-11(15)6-9(7-21-13)14(16,17)18/h6-7,10,19H,2-5,8H2,1H3,(H,20,21)/t10-/m1/s1. The van der Waals surface area contributed by atoms with Crippen molar-refractivity contribution in [1.29, 1.82) is 0 Å². The van der Waals surface area contributed by atoms with Gasteiger partial charge in [-0.2, -0.15) is 13.2 Å². The van der Waals surface area contributed by atoms with Crippen LogP contribution in [0.25, 0.3) is 0 Å². The van der Waals surface area contributed by atoms with Gasteiger partial charge in [-0.25, -0.2) is 4.98 Å². The molecule has 1 amide bonds. The number of aromatic nitrogens is 1. The van der Waals surface area contributed by atoms with Gasteiger partial charge in [0.25, 0.3) is 0 Å². The number of pyridine rings is 1. The van der Waals surface area contributed by atoms with Crippen LogP contribution in [-0.4, -0.2) is 48.5 Å². The Kier molecular flexibility index (Phi) is 5.69. The number of nitrogens with zero attached hydrogens (tertiary/aromatic N) is 2. The Morgan fingerprint density at radius 3 is 2.87 bits per heavy atom. The molecule has 2 N–H and O–H groups in total. The van der Waals surface area contributed by atoms with Crippen molar-refractivity contribution in [2.24, 2.45) is 0 Å². The molecule has 0 aromatic carbocycles. The van der Waals surface area contributed by atoms with E-state index in [1.54, 1.807) is 11.9 Å². The third-order valence-corrected chi connectivity index (χ3v) is 4.06. The van der Waals surface area contributed by atoms with E-state index in [0.29, 0.717) is 6.20 Å². The highest BCUT2D eigenvalue weighted by Gasteiger charge is 2.31. The van der Waals surface area contributed by atoms with Crippen molar-refractivity contribution >= 4 is 23.3 Å². The number of alkyl halides is 3. The van der Waals surface area contributed by atoms with Crippen LogP contribution in [0.2, 0.25) is 5.02 Å². The van der Waals surface area contributed by atoms with Crippen LogP contribution in [0.4, 0.5) is 19.0 Å². The van der Waals surface area contributed by atoms with Gasteiger partial charge in [0.2, 0.25) is 5.91 Å². The van der Waals surface area contributed by atoms with Gasteiger partial charge in [0.15, 0.2) is 0 Å². The van der Waals surface area contributed by atoms with Crippen LogP contribution in [0.5, 0.6) is 0 Å². The van der Waals surface area contributed by atoms with E-state index in [9.17, 15) is 18.0 Å². The molecule has 1 fully saturated rings. The molecule has 0 radical (unpaired) electrons. The Balaban J connectivity index is 1.85.